The number of ether oxygens (including phenoxy) is 2. The Hall–Kier alpha value is -2.06. The van der Waals surface area contributed by atoms with Crippen LogP contribution in [0.5, 0.6) is 5.75 Å². The first-order valence-corrected chi connectivity index (χ1v) is 10.1. The molecule has 0 spiro atoms. The van der Waals surface area contributed by atoms with Gasteiger partial charge in [-0.2, -0.15) is 0 Å². The molecule has 1 amide bonds. The number of hydrogen-bond donors (Lipinski definition) is 1. The van der Waals surface area contributed by atoms with Crippen LogP contribution in [0.1, 0.15) is 26.7 Å². The number of amides is 1. The van der Waals surface area contributed by atoms with Crippen LogP contribution in [0.4, 0.5) is 0 Å². The van der Waals surface area contributed by atoms with Gasteiger partial charge in [0.05, 0.1) is 25.0 Å². The molecule has 146 valence electrons. The minimum absolute atomic E-state index is 0.000152. The van der Waals surface area contributed by atoms with Gasteiger partial charge in [0.15, 0.2) is 11.0 Å². The number of benzene rings is 1. The van der Waals surface area contributed by atoms with Crippen molar-refractivity contribution in [1.82, 2.24) is 20.1 Å². The third kappa shape index (κ3) is 4.81. The van der Waals surface area contributed by atoms with Gasteiger partial charge in [-0.25, -0.2) is 0 Å². The minimum Gasteiger partial charge on any atom is -0.497 e. The molecular weight excluding hydrogens is 364 g/mol. The first-order chi connectivity index (χ1) is 13.1. The van der Waals surface area contributed by atoms with E-state index < -0.39 is 0 Å². The number of thioether (sulfide) groups is 1. The average Bonchev–Trinajstić information content (AvgIpc) is 3.33. The Labute approximate surface area is 163 Å². The summed E-state index contributed by atoms with van der Waals surface area (Å²) < 4.78 is 13.1. The first-order valence-electron chi connectivity index (χ1n) is 9.26. The number of nitrogens with zero attached hydrogens (tertiary/aromatic N) is 3. The molecule has 0 radical (unpaired) electrons. The van der Waals surface area contributed by atoms with E-state index in [4.69, 9.17) is 9.47 Å². The van der Waals surface area contributed by atoms with Crippen LogP contribution >= 0.6 is 11.8 Å². The van der Waals surface area contributed by atoms with E-state index in [0.717, 1.165) is 41.7 Å². The Bertz CT molecular complexity index is 757. The summed E-state index contributed by atoms with van der Waals surface area (Å²) in [6, 6.07) is 7.75. The Morgan fingerprint density at radius 1 is 1.41 bits per heavy atom. The molecule has 0 unspecified atom stereocenters. The van der Waals surface area contributed by atoms with Crippen LogP contribution in [-0.4, -0.2) is 52.3 Å². The number of carbonyl (C=O) groups is 1. The van der Waals surface area contributed by atoms with Gasteiger partial charge in [-0.1, -0.05) is 11.8 Å². The van der Waals surface area contributed by atoms with Gasteiger partial charge in [-0.05, 0) is 51.0 Å². The number of hydrogen-bond acceptors (Lipinski definition) is 6. The van der Waals surface area contributed by atoms with Gasteiger partial charge in [-0.3, -0.25) is 9.36 Å². The SMILES string of the molecule is CCNC(=O)[C@H](C)Sc1nnc(-c2ccc(OC)cc2)n1C[C@H]1CCCO1. The van der Waals surface area contributed by atoms with Gasteiger partial charge in [0, 0.05) is 18.7 Å². The van der Waals surface area contributed by atoms with Gasteiger partial charge >= 0.3 is 0 Å². The van der Waals surface area contributed by atoms with Crippen LogP contribution in [0.2, 0.25) is 0 Å². The molecule has 1 aromatic carbocycles. The number of rotatable bonds is 8. The zero-order chi connectivity index (χ0) is 19.2. The molecule has 2 heterocycles. The molecule has 1 N–H and O–H groups in total. The molecule has 2 atom stereocenters. The predicted molar refractivity (Wildman–Crippen MR) is 105 cm³/mol. The number of aromatic nitrogens is 3. The van der Waals surface area contributed by atoms with Crippen molar-refractivity contribution in [3.63, 3.8) is 0 Å². The second-order valence-corrected chi connectivity index (χ2v) is 7.74. The van der Waals surface area contributed by atoms with Gasteiger partial charge in [0.25, 0.3) is 0 Å². The molecule has 8 heteroatoms. The molecule has 27 heavy (non-hydrogen) atoms. The summed E-state index contributed by atoms with van der Waals surface area (Å²) >= 11 is 1.42. The Balaban J connectivity index is 1.87. The summed E-state index contributed by atoms with van der Waals surface area (Å²) in [6.07, 6.45) is 2.25. The molecule has 0 bridgehead atoms. The normalized spacial score (nSPS) is 17.7. The van der Waals surface area contributed by atoms with E-state index >= 15 is 0 Å². The average molecular weight is 391 g/mol. The van der Waals surface area contributed by atoms with Gasteiger partial charge in [0.1, 0.15) is 5.75 Å². The molecule has 1 aromatic heterocycles. The Morgan fingerprint density at radius 3 is 2.81 bits per heavy atom. The zero-order valence-electron chi connectivity index (χ0n) is 16.0. The van der Waals surface area contributed by atoms with E-state index in [-0.39, 0.29) is 17.3 Å². The van der Waals surface area contributed by atoms with Crippen LogP contribution in [0.15, 0.2) is 29.4 Å². The molecule has 7 nitrogen and oxygen atoms in total. The summed E-state index contributed by atoms with van der Waals surface area (Å²) in [5.74, 6) is 1.57. The van der Waals surface area contributed by atoms with Crippen LogP contribution in [0, 0.1) is 0 Å². The van der Waals surface area contributed by atoms with E-state index in [9.17, 15) is 4.79 Å². The van der Waals surface area contributed by atoms with Gasteiger partial charge < -0.3 is 14.8 Å². The van der Waals surface area contributed by atoms with Crippen molar-refractivity contribution >= 4 is 17.7 Å². The van der Waals surface area contributed by atoms with Crippen molar-refractivity contribution in [2.75, 3.05) is 20.3 Å². The van der Waals surface area contributed by atoms with E-state index in [2.05, 4.69) is 20.1 Å². The summed E-state index contributed by atoms with van der Waals surface area (Å²) in [6.45, 7) is 5.88. The van der Waals surface area contributed by atoms with Gasteiger partial charge in [0.2, 0.25) is 5.91 Å². The van der Waals surface area contributed by atoms with Crippen molar-refractivity contribution in [1.29, 1.82) is 0 Å². The molecule has 0 saturated carbocycles. The highest BCUT2D eigenvalue weighted by Crippen LogP contribution is 2.29. The van der Waals surface area contributed by atoms with Crippen LogP contribution in [0.3, 0.4) is 0 Å². The van der Waals surface area contributed by atoms with Gasteiger partial charge in [-0.15, -0.1) is 10.2 Å². The second kappa shape index (κ2) is 9.23. The highest BCUT2D eigenvalue weighted by Gasteiger charge is 2.24. The highest BCUT2D eigenvalue weighted by atomic mass is 32.2. The fourth-order valence-electron chi connectivity index (χ4n) is 3.02. The zero-order valence-corrected chi connectivity index (χ0v) is 16.8. The van der Waals surface area contributed by atoms with E-state index in [1.807, 2.05) is 38.1 Å². The fourth-order valence-corrected chi connectivity index (χ4v) is 3.90. The fraction of sp³-hybridized carbons (Fsp3) is 0.526. The lowest BCUT2D eigenvalue weighted by molar-refractivity contribution is -0.120. The van der Waals surface area contributed by atoms with Crippen molar-refractivity contribution in [3.05, 3.63) is 24.3 Å². The largest absolute Gasteiger partial charge is 0.497 e. The number of methoxy groups -OCH3 is 1. The third-order valence-electron chi connectivity index (χ3n) is 4.48. The lowest BCUT2D eigenvalue weighted by atomic mass is 10.2. The van der Waals surface area contributed by atoms with Crippen molar-refractivity contribution in [2.45, 2.75) is 49.7 Å². The minimum atomic E-state index is -0.249. The highest BCUT2D eigenvalue weighted by molar-refractivity contribution is 8.00. The molecule has 3 rings (SSSR count). The first kappa shape index (κ1) is 19.7. The molecule has 1 aliphatic rings. The second-order valence-electron chi connectivity index (χ2n) is 6.43. The maximum absolute atomic E-state index is 12.1. The maximum atomic E-state index is 12.1. The molecule has 1 fully saturated rings. The standard InChI is InChI=1S/C19H26N4O3S/c1-4-20-18(24)13(2)27-19-22-21-17(14-7-9-15(25-3)10-8-14)23(19)12-16-6-5-11-26-16/h7-10,13,16H,4-6,11-12H2,1-3H3,(H,20,24)/t13-,16+/m0/s1. The van der Waals surface area contributed by atoms with Crippen LogP contribution in [0.25, 0.3) is 11.4 Å². The monoisotopic (exact) mass is 390 g/mol. The topological polar surface area (TPSA) is 78.3 Å². The van der Waals surface area contributed by atoms with E-state index in [1.54, 1.807) is 7.11 Å². The van der Waals surface area contributed by atoms with Crippen LogP contribution in [-0.2, 0) is 16.1 Å². The Morgan fingerprint density at radius 2 is 2.19 bits per heavy atom. The van der Waals surface area contributed by atoms with Crippen molar-refractivity contribution in [2.24, 2.45) is 0 Å². The molecule has 2 aromatic rings. The lowest BCUT2D eigenvalue weighted by Gasteiger charge is -2.16. The summed E-state index contributed by atoms with van der Waals surface area (Å²) in [4.78, 5) is 12.1. The number of carbonyl (C=O) groups excluding carboxylic acids is 1. The summed E-state index contributed by atoms with van der Waals surface area (Å²) in [5.41, 5.74) is 0.957. The predicted octanol–water partition coefficient (Wildman–Crippen LogP) is 2.75. The number of nitrogens with one attached hydrogen (secondary N) is 1. The smallest absolute Gasteiger partial charge is 0.233 e. The molecular formula is C19H26N4O3S. The Kier molecular flexibility index (Phi) is 6.73. The quantitative estimate of drug-likeness (QED) is 0.699. The van der Waals surface area contributed by atoms with E-state index in [1.165, 1.54) is 11.8 Å². The maximum Gasteiger partial charge on any atom is 0.233 e. The summed E-state index contributed by atoms with van der Waals surface area (Å²) in [7, 11) is 1.65. The molecule has 1 aliphatic heterocycles. The van der Waals surface area contributed by atoms with E-state index in [0.29, 0.717) is 13.1 Å². The lowest BCUT2D eigenvalue weighted by Crippen LogP contribution is -2.30. The van der Waals surface area contributed by atoms with Crippen molar-refractivity contribution in [3.8, 4) is 17.1 Å². The van der Waals surface area contributed by atoms with Crippen LogP contribution < -0.4 is 10.1 Å². The summed E-state index contributed by atoms with van der Waals surface area (Å²) in [5, 5.41) is 12.1. The third-order valence-corrected chi connectivity index (χ3v) is 5.56. The van der Waals surface area contributed by atoms with Crippen molar-refractivity contribution < 1.29 is 14.3 Å². The molecule has 0 aliphatic carbocycles. The molecule has 1 saturated heterocycles.